The molecule has 0 amide bonds. The lowest BCUT2D eigenvalue weighted by atomic mass is 10.2. The summed E-state index contributed by atoms with van der Waals surface area (Å²) in [4.78, 5) is 22.9. The van der Waals surface area contributed by atoms with E-state index < -0.39 is 13.8 Å². The highest BCUT2D eigenvalue weighted by molar-refractivity contribution is 7.45. The normalized spacial score (nSPS) is 14.1. The maximum absolute atomic E-state index is 11.7. The number of esters is 1. The van der Waals surface area contributed by atoms with E-state index in [-0.39, 0.29) is 13.2 Å². The first kappa shape index (κ1) is 24.3. The standard InChI is InChI=1S/C17H34NO6P/c1-6-18(7-2,8-3)12-15-24-25(20,21)23-14-11-9-10-13-22-17(19)16(4)5/h4,6-15H2,1-3,5H3. The van der Waals surface area contributed by atoms with Crippen molar-refractivity contribution in [1.29, 1.82) is 0 Å². The maximum Gasteiger partial charge on any atom is 0.333 e. The van der Waals surface area contributed by atoms with E-state index in [0.717, 1.165) is 24.1 Å². The predicted octanol–water partition coefficient (Wildman–Crippen LogP) is 2.65. The third kappa shape index (κ3) is 10.8. The molecular formula is C17H34NO6P. The Morgan fingerprint density at radius 2 is 1.52 bits per heavy atom. The molecule has 0 N–H and O–H groups in total. The van der Waals surface area contributed by atoms with E-state index in [4.69, 9.17) is 13.8 Å². The molecule has 0 saturated heterocycles. The van der Waals surface area contributed by atoms with E-state index >= 15 is 0 Å². The zero-order valence-corrected chi connectivity index (χ0v) is 17.0. The molecule has 7 nitrogen and oxygen atoms in total. The number of carbonyl (C=O) groups is 1. The SMILES string of the molecule is C=C(C)C(=O)OCCCCCOP(=O)([O-])OCC[N+](CC)(CC)CC. The first-order valence-electron chi connectivity index (χ1n) is 8.99. The minimum Gasteiger partial charge on any atom is -0.756 e. The molecule has 0 heterocycles. The number of carbonyl (C=O) groups excluding carboxylic acids is 1. The molecule has 0 spiro atoms. The number of hydrogen-bond donors (Lipinski definition) is 0. The summed E-state index contributed by atoms with van der Waals surface area (Å²) in [6.45, 7) is 15.3. The van der Waals surface area contributed by atoms with Crippen molar-refractivity contribution in [2.45, 2.75) is 47.0 Å². The van der Waals surface area contributed by atoms with Crippen LogP contribution >= 0.6 is 7.82 Å². The molecule has 0 aliphatic heterocycles. The van der Waals surface area contributed by atoms with Crippen molar-refractivity contribution in [3.63, 3.8) is 0 Å². The number of quaternary nitrogens is 1. The molecule has 25 heavy (non-hydrogen) atoms. The number of phosphoric ester groups is 1. The number of ether oxygens (including phenoxy) is 1. The summed E-state index contributed by atoms with van der Waals surface area (Å²) in [7, 11) is -4.25. The number of unbranched alkanes of at least 4 members (excludes halogenated alkanes) is 2. The fourth-order valence-electron chi connectivity index (χ4n) is 2.37. The second-order valence-electron chi connectivity index (χ2n) is 6.10. The second-order valence-corrected chi connectivity index (χ2v) is 7.52. The zero-order chi connectivity index (χ0) is 19.3. The summed E-state index contributed by atoms with van der Waals surface area (Å²) in [6.07, 6.45) is 1.90. The van der Waals surface area contributed by atoms with Crippen LogP contribution in [0.3, 0.4) is 0 Å². The third-order valence-electron chi connectivity index (χ3n) is 4.45. The van der Waals surface area contributed by atoms with E-state index in [9.17, 15) is 14.3 Å². The molecular weight excluding hydrogens is 345 g/mol. The summed E-state index contributed by atoms with van der Waals surface area (Å²) in [5, 5.41) is 0. The largest absolute Gasteiger partial charge is 0.756 e. The molecule has 1 atom stereocenters. The monoisotopic (exact) mass is 379 g/mol. The average molecular weight is 379 g/mol. The molecule has 0 aromatic heterocycles. The van der Waals surface area contributed by atoms with Gasteiger partial charge in [-0.05, 0) is 47.0 Å². The van der Waals surface area contributed by atoms with Gasteiger partial charge in [0.25, 0.3) is 7.82 Å². The van der Waals surface area contributed by atoms with Crippen molar-refractivity contribution in [1.82, 2.24) is 0 Å². The Morgan fingerprint density at radius 1 is 1.00 bits per heavy atom. The van der Waals surface area contributed by atoms with Crippen LogP contribution in [-0.4, -0.2) is 56.5 Å². The van der Waals surface area contributed by atoms with Crippen LogP contribution in [0.15, 0.2) is 12.2 Å². The summed E-state index contributed by atoms with van der Waals surface area (Å²) in [6, 6.07) is 0. The quantitative estimate of drug-likeness (QED) is 0.143. The Balaban J connectivity index is 3.86. The lowest BCUT2D eigenvalue weighted by molar-refractivity contribution is -0.923. The van der Waals surface area contributed by atoms with Crippen LogP contribution in [-0.2, 0) is 23.1 Å². The van der Waals surface area contributed by atoms with Crippen molar-refractivity contribution in [3.8, 4) is 0 Å². The van der Waals surface area contributed by atoms with Gasteiger partial charge in [-0.25, -0.2) is 4.79 Å². The Labute approximate surface area is 152 Å². The van der Waals surface area contributed by atoms with Gasteiger partial charge in [0.2, 0.25) is 0 Å². The van der Waals surface area contributed by atoms with Crippen LogP contribution in [0.2, 0.25) is 0 Å². The lowest BCUT2D eigenvalue weighted by Gasteiger charge is -2.36. The summed E-state index contributed by atoms with van der Waals surface area (Å²) < 4.78 is 27.3. The van der Waals surface area contributed by atoms with Gasteiger partial charge in [-0.15, -0.1) is 0 Å². The predicted molar refractivity (Wildman–Crippen MR) is 95.9 cm³/mol. The molecule has 8 heteroatoms. The van der Waals surface area contributed by atoms with Crippen LogP contribution in [0.25, 0.3) is 0 Å². The molecule has 0 fully saturated rings. The molecule has 1 unspecified atom stereocenters. The number of hydrogen-bond acceptors (Lipinski definition) is 6. The van der Waals surface area contributed by atoms with Gasteiger partial charge in [-0.3, -0.25) is 4.57 Å². The molecule has 0 aromatic carbocycles. The highest BCUT2D eigenvalue weighted by atomic mass is 31.2. The Kier molecular flexibility index (Phi) is 12.2. The minimum absolute atomic E-state index is 0.0740. The fraction of sp³-hybridized carbons (Fsp3) is 0.824. The highest BCUT2D eigenvalue weighted by Crippen LogP contribution is 2.38. The summed E-state index contributed by atoms with van der Waals surface area (Å²) in [5.74, 6) is -0.408. The van der Waals surface area contributed by atoms with Crippen molar-refractivity contribution in [2.75, 3.05) is 46.0 Å². The topological polar surface area (TPSA) is 84.9 Å². The van der Waals surface area contributed by atoms with E-state index in [2.05, 4.69) is 27.4 Å². The minimum atomic E-state index is -4.25. The Morgan fingerprint density at radius 3 is 2.04 bits per heavy atom. The van der Waals surface area contributed by atoms with Gasteiger partial charge in [0.15, 0.2) is 0 Å². The van der Waals surface area contributed by atoms with E-state index in [0.29, 0.717) is 38.0 Å². The fourth-order valence-corrected chi connectivity index (χ4v) is 3.11. The van der Waals surface area contributed by atoms with E-state index in [1.165, 1.54) is 0 Å². The Hall–Kier alpha value is -0.720. The Bertz CT molecular complexity index is 442. The number of nitrogens with zero attached hydrogens (tertiary/aromatic N) is 1. The van der Waals surface area contributed by atoms with Crippen molar-refractivity contribution in [3.05, 3.63) is 12.2 Å². The highest BCUT2D eigenvalue weighted by Gasteiger charge is 2.21. The smallest absolute Gasteiger partial charge is 0.333 e. The van der Waals surface area contributed by atoms with Gasteiger partial charge in [-0.1, -0.05) is 6.58 Å². The van der Waals surface area contributed by atoms with E-state index in [1.807, 2.05) is 0 Å². The second kappa shape index (κ2) is 12.6. The number of phosphoric acid groups is 1. The maximum atomic E-state index is 11.7. The van der Waals surface area contributed by atoms with Crippen molar-refractivity contribution >= 4 is 13.8 Å². The molecule has 0 rings (SSSR count). The zero-order valence-electron chi connectivity index (χ0n) is 16.1. The van der Waals surface area contributed by atoms with Gasteiger partial charge < -0.3 is 23.2 Å². The molecule has 0 saturated carbocycles. The molecule has 0 radical (unpaired) electrons. The van der Waals surface area contributed by atoms with Gasteiger partial charge in [-0.2, -0.15) is 0 Å². The van der Waals surface area contributed by atoms with Gasteiger partial charge in [0.1, 0.15) is 13.2 Å². The van der Waals surface area contributed by atoms with Gasteiger partial charge >= 0.3 is 5.97 Å². The third-order valence-corrected chi connectivity index (χ3v) is 5.44. The van der Waals surface area contributed by atoms with Crippen molar-refractivity contribution < 1.29 is 32.5 Å². The van der Waals surface area contributed by atoms with Crippen LogP contribution in [0.4, 0.5) is 0 Å². The van der Waals surface area contributed by atoms with Crippen LogP contribution < -0.4 is 4.89 Å². The van der Waals surface area contributed by atoms with Gasteiger partial charge in [0, 0.05) is 5.57 Å². The number of likely N-dealkylation sites (N-methyl/N-ethyl adjacent to an activating group) is 1. The molecule has 148 valence electrons. The van der Waals surface area contributed by atoms with Gasteiger partial charge in [0.05, 0.1) is 32.8 Å². The van der Waals surface area contributed by atoms with E-state index in [1.54, 1.807) is 6.92 Å². The number of rotatable bonds is 15. The first-order chi connectivity index (χ1) is 11.7. The molecule has 0 aliphatic carbocycles. The van der Waals surface area contributed by atoms with Crippen molar-refractivity contribution in [2.24, 2.45) is 0 Å². The molecule has 0 aliphatic rings. The molecule has 0 bridgehead atoms. The average Bonchev–Trinajstić information content (AvgIpc) is 2.57. The van der Waals surface area contributed by atoms with Crippen LogP contribution in [0.1, 0.15) is 47.0 Å². The van der Waals surface area contributed by atoms with Crippen LogP contribution in [0.5, 0.6) is 0 Å². The van der Waals surface area contributed by atoms with Crippen LogP contribution in [0, 0.1) is 0 Å². The first-order valence-corrected chi connectivity index (χ1v) is 10.5. The molecule has 0 aromatic rings. The summed E-state index contributed by atoms with van der Waals surface area (Å²) >= 11 is 0. The lowest BCUT2D eigenvalue weighted by Crippen LogP contribution is -2.49. The summed E-state index contributed by atoms with van der Waals surface area (Å²) in [5.41, 5.74) is 0.365.